The van der Waals surface area contributed by atoms with Crippen molar-refractivity contribution in [3.05, 3.63) is 309 Å². The van der Waals surface area contributed by atoms with E-state index in [1.807, 2.05) is 0 Å². The molecule has 22 rings (SSSR count). The third-order valence-corrected chi connectivity index (χ3v) is 21.3. The lowest BCUT2D eigenvalue weighted by atomic mass is 9.34. The van der Waals surface area contributed by atoms with Crippen LogP contribution in [0.15, 0.2) is 309 Å². The minimum absolute atomic E-state index is 0.163. The molecule has 0 spiro atoms. The molecule has 6 heterocycles. The second-order valence-electron chi connectivity index (χ2n) is 25.7. The Morgan fingerprint density at radius 2 is 0.656 bits per heavy atom. The van der Waals surface area contributed by atoms with Crippen molar-refractivity contribution in [1.29, 1.82) is 0 Å². The molecule has 0 saturated carbocycles. The van der Waals surface area contributed by atoms with Crippen molar-refractivity contribution >= 4 is 153 Å². The first-order valence-corrected chi connectivity index (χ1v) is 32.4. The summed E-state index contributed by atoms with van der Waals surface area (Å²) in [5.74, 6) is 0. The summed E-state index contributed by atoms with van der Waals surface area (Å²) < 4.78 is 10.5. The molecule has 4 nitrogen and oxygen atoms in total. The lowest BCUT2D eigenvalue weighted by Crippen LogP contribution is -2.59. The predicted octanol–water partition coefficient (Wildman–Crippen LogP) is 20.8. The first kappa shape index (κ1) is 49.7. The molecule has 0 unspecified atom stereocenters. The number of para-hydroxylation sites is 5. The van der Waals surface area contributed by atoms with E-state index in [9.17, 15) is 0 Å². The molecule has 0 saturated heterocycles. The fourth-order valence-corrected chi connectivity index (χ4v) is 17.7. The van der Waals surface area contributed by atoms with Crippen molar-refractivity contribution in [3.63, 3.8) is 0 Å². The van der Waals surface area contributed by atoms with Gasteiger partial charge in [0.15, 0.2) is 0 Å². The number of hydrogen-bond donors (Lipinski definition) is 0. The summed E-state index contributed by atoms with van der Waals surface area (Å²) in [6.07, 6.45) is 0. The normalized spacial score (nSPS) is 12.7. The van der Waals surface area contributed by atoms with E-state index in [-0.39, 0.29) is 6.71 Å². The molecule has 2 aliphatic heterocycles. The second kappa shape index (κ2) is 18.3. The number of nitrogens with zero attached hydrogens (tertiary/aromatic N) is 4. The Kier molecular flexibility index (Phi) is 9.75. The fraction of sp³-hybridized carbons (Fsp3) is 0. The lowest BCUT2D eigenvalue weighted by Gasteiger charge is -2.35. The summed E-state index contributed by atoms with van der Waals surface area (Å²) in [7, 11) is 0. The molecule has 0 aliphatic carbocycles. The number of fused-ring (bicyclic) bond motifs is 25. The molecule has 0 amide bonds. The number of hydrogen-bond acceptors (Lipinski definition) is 0. The van der Waals surface area contributed by atoms with Crippen LogP contribution in [0.3, 0.4) is 0 Å². The molecule has 93 heavy (non-hydrogen) atoms. The smallest absolute Gasteiger partial charge is 0.252 e. The van der Waals surface area contributed by atoms with Gasteiger partial charge in [0.25, 0.3) is 6.71 Å². The van der Waals surface area contributed by atoms with Gasteiger partial charge in [0.1, 0.15) is 0 Å². The SMILES string of the molecule is c1ccc(-c2ccccc2-c2cc3c4c(c2)c2c5c6ccccc6c6ccccc6c5ccc2n4-c2cc(-c4c(-n5c6ccccc6c6ccccc65)cccc4-n4c5ccccc5c5ccccc54)cc4c2B3c2cc3ccccc3c3c5ccccc5n-4c23)cc1. The number of rotatable bonds is 5. The van der Waals surface area contributed by atoms with Gasteiger partial charge in [0.05, 0.1) is 50.0 Å². The predicted molar refractivity (Wildman–Crippen MR) is 395 cm³/mol. The highest BCUT2D eigenvalue weighted by molar-refractivity contribution is 7.00. The molecular formula is C88H51BN4. The van der Waals surface area contributed by atoms with Crippen LogP contribution < -0.4 is 16.4 Å². The van der Waals surface area contributed by atoms with Crippen LogP contribution in [0.2, 0.25) is 0 Å². The topological polar surface area (TPSA) is 19.7 Å². The van der Waals surface area contributed by atoms with Gasteiger partial charge in [-0.05, 0) is 149 Å². The molecule has 2 aliphatic rings. The van der Waals surface area contributed by atoms with E-state index >= 15 is 0 Å². The van der Waals surface area contributed by atoms with Gasteiger partial charge in [0.2, 0.25) is 0 Å². The average Bonchev–Trinajstić information content (AvgIpc) is 1.55. The summed E-state index contributed by atoms with van der Waals surface area (Å²) in [6.45, 7) is -0.163. The summed E-state index contributed by atoms with van der Waals surface area (Å²) in [4.78, 5) is 0. The second-order valence-corrected chi connectivity index (χ2v) is 25.7. The fourth-order valence-electron chi connectivity index (χ4n) is 17.7. The highest BCUT2D eigenvalue weighted by Gasteiger charge is 2.43. The standard InChI is InChI=1S/C88H51BN4/c1-2-23-52(24-3-1)56-26-6-7-27-57(56)54-47-69-85-79(46-45-67-61-31-9-8-29-59(61)60-30-10-11-36-66(60)83(67)85)93-81-51-55(50-80-86(81)89(70(49-54)87(69)93)71-48-53-25-4-5-28-58(53)84-68-37-16-21-42-76(68)92(80)88(71)84)82-77(90-72-38-17-12-32-62(72)63-33-13-18-39-73(63)90)43-22-44-78(82)91-74-40-19-14-34-64(74)65-35-15-20-41-75(65)91/h1-51H. The van der Waals surface area contributed by atoms with Crippen LogP contribution >= 0.6 is 0 Å². The molecule has 426 valence electrons. The summed E-state index contributed by atoms with van der Waals surface area (Å²) >= 11 is 0. The monoisotopic (exact) mass is 1170 g/mol. The highest BCUT2D eigenvalue weighted by atomic mass is 15.1. The molecule has 4 aromatic heterocycles. The van der Waals surface area contributed by atoms with Crippen LogP contribution in [0, 0.1) is 0 Å². The zero-order valence-corrected chi connectivity index (χ0v) is 50.3. The quantitative estimate of drug-likeness (QED) is 0.121. The molecule has 0 radical (unpaired) electrons. The van der Waals surface area contributed by atoms with Gasteiger partial charge < -0.3 is 18.3 Å². The molecule has 0 fully saturated rings. The molecule has 0 atom stereocenters. The van der Waals surface area contributed by atoms with Crippen LogP contribution in [-0.2, 0) is 0 Å². The van der Waals surface area contributed by atoms with Crippen molar-refractivity contribution in [2.45, 2.75) is 0 Å². The maximum Gasteiger partial charge on any atom is 0.252 e. The third-order valence-electron chi connectivity index (χ3n) is 21.3. The van der Waals surface area contributed by atoms with E-state index in [1.165, 1.54) is 180 Å². The van der Waals surface area contributed by atoms with Gasteiger partial charge in [-0.1, -0.05) is 243 Å². The van der Waals surface area contributed by atoms with Crippen LogP contribution in [-0.4, -0.2) is 25.0 Å². The van der Waals surface area contributed by atoms with Gasteiger partial charge in [-0.3, -0.25) is 0 Å². The van der Waals surface area contributed by atoms with Gasteiger partial charge in [-0.2, -0.15) is 0 Å². The largest absolute Gasteiger partial charge is 0.310 e. The zero-order valence-electron chi connectivity index (χ0n) is 50.3. The van der Waals surface area contributed by atoms with E-state index in [0.29, 0.717) is 0 Å². The van der Waals surface area contributed by atoms with Gasteiger partial charge in [-0.25, -0.2) is 0 Å². The molecule has 0 N–H and O–H groups in total. The van der Waals surface area contributed by atoms with Gasteiger partial charge >= 0.3 is 0 Å². The Balaban J connectivity index is 0.973. The minimum atomic E-state index is -0.163. The molecule has 0 bridgehead atoms. The van der Waals surface area contributed by atoms with Gasteiger partial charge in [0, 0.05) is 70.9 Å². The van der Waals surface area contributed by atoms with Crippen LogP contribution in [0.5, 0.6) is 0 Å². The maximum absolute atomic E-state index is 2.72. The Morgan fingerprint density at radius 1 is 0.215 bits per heavy atom. The zero-order chi connectivity index (χ0) is 60.3. The van der Waals surface area contributed by atoms with Crippen molar-refractivity contribution in [2.24, 2.45) is 0 Å². The van der Waals surface area contributed by atoms with E-state index < -0.39 is 0 Å². The molecule has 5 heteroatoms. The van der Waals surface area contributed by atoms with Crippen molar-refractivity contribution in [1.82, 2.24) is 18.3 Å². The van der Waals surface area contributed by atoms with E-state index in [2.05, 4.69) is 328 Å². The first-order chi connectivity index (χ1) is 46.2. The summed E-state index contributed by atoms with van der Waals surface area (Å²) in [5, 5.41) is 20.1. The summed E-state index contributed by atoms with van der Waals surface area (Å²) in [5.41, 5.74) is 25.3. The average molecular weight is 1180 g/mol. The van der Waals surface area contributed by atoms with E-state index in [4.69, 9.17) is 0 Å². The van der Waals surface area contributed by atoms with Crippen molar-refractivity contribution in [2.75, 3.05) is 0 Å². The maximum atomic E-state index is 2.72. The van der Waals surface area contributed by atoms with E-state index in [0.717, 1.165) is 22.5 Å². The van der Waals surface area contributed by atoms with Gasteiger partial charge in [-0.15, -0.1) is 0 Å². The Hall–Kier alpha value is -12.2. The lowest BCUT2D eigenvalue weighted by molar-refractivity contribution is 1.12. The first-order valence-electron chi connectivity index (χ1n) is 32.4. The van der Waals surface area contributed by atoms with Crippen molar-refractivity contribution in [3.8, 4) is 56.1 Å². The van der Waals surface area contributed by atoms with Crippen molar-refractivity contribution < 1.29 is 0 Å². The Bertz CT molecular complexity index is 6480. The van der Waals surface area contributed by atoms with Crippen LogP contribution in [0.1, 0.15) is 0 Å². The highest BCUT2D eigenvalue weighted by Crippen LogP contribution is 2.50. The molecule has 20 aromatic rings. The molecular weight excluding hydrogens is 1120 g/mol. The summed E-state index contributed by atoms with van der Waals surface area (Å²) in [6, 6.07) is 117. The number of benzene rings is 16. The van der Waals surface area contributed by atoms with E-state index in [1.54, 1.807) is 0 Å². The number of aromatic nitrogens is 4. The molecule has 16 aromatic carbocycles. The third kappa shape index (κ3) is 6.45. The minimum Gasteiger partial charge on any atom is -0.310 e. The Morgan fingerprint density at radius 3 is 1.25 bits per heavy atom. The Labute approximate surface area is 533 Å². The van der Waals surface area contributed by atoms with Crippen LogP contribution in [0.25, 0.3) is 186 Å². The van der Waals surface area contributed by atoms with Crippen LogP contribution in [0.4, 0.5) is 0 Å².